The van der Waals surface area contributed by atoms with Crippen molar-refractivity contribution in [2.24, 2.45) is 23.2 Å². The minimum atomic E-state index is -1.73. The third-order valence-electron chi connectivity index (χ3n) is 8.24. The molecule has 4 heteroatoms. The predicted molar refractivity (Wildman–Crippen MR) is 112 cm³/mol. The van der Waals surface area contributed by atoms with E-state index in [2.05, 4.69) is 47.7 Å². The summed E-state index contributed by atoms with van der Waals surface area (Å²) in [4.78, 5) is 0. The topological polar surface area (TPSA) is 49.7 Å². The van der Waals surface area contributed by atoms with Crippen LogP contribution in [0.4, 0.5) is 0 Å². The van der Waals surface area contributed by atoms with Crippen molar-refractivity contribution in [3.8, 4) is 0 Å². The first-order valence-electron chi connectivity index (χ1n) is 10.9. The Morgan fingerprint density at radius 3 is 2.38 bits per heavy atom. The second-order valence-electron chi connectivity index (χ2n) is 11.0. The Bertz CT molecular complexity index is 459. The fraction of sp³-hybridized carbons (Fsp3) is 1.00. The molecule has 0 aromatic rings. The highest BCUT2D eigenvalue weighted by molar-refractivity contribution is 6.74. The van der Waals surface area contributed by atoms with Crippen LogP contribution in [-0.2, 0) is 4.43 Å². The summed E-state index contributed by atoms with van der Waals surface area (Å²) in [6.07, 6.45) is 8.07. The molecule has 0 bridgehead atoms. The maximum absolute atomic E-state index is 9.73. The van der Waals surface area contributed by atoms with E-state index in [1.54, 1.807) is 0 Å². The zero-order chi connectivity index (χ0) is 19.8. The summed E-state index contributed by atoms with van der Waals surface area (Å²) in [5, 5.41) is 19.1. The van der Waals surface area contributed by atoms with E-state index in [4.69, 9.17) is 9.53 Å². The lowest BCUT2D eigenvalue weighted by Gasteiger charge is -2.50. The number of fused-ring (bicyclic) bond motifs is 1. The molecular formula is C22H44O3Si. The molecule has 2 N–H and O–H groups in total. The summed E-state index contributed by atoms with van der Waals surface area (Å²) in [6.45, 7) is 16.6. The van der Waals surface area contributed by atoms with Gasteiger partial charge in [0.25, 0.3) is 0 Å². The third kappa shape index (κ3) is 4.56. The van der Waals surface area contributed by atoms with E-state index in [-0.39, 0.29) is 11.6 Å². The van der Waals surface area contributed by atoms with Crippen LogP contribution < -0.4 is 0 Å². The molecule has 0 unspecified atom stereocenters. The molecule has 154 valence electrons. The number of aliphatic hydroxyl groups is 2. The van der Waals surface area contributed by atoms with Crippen molar-refractivity contribution in [3.05, 3.63) is 0 Å². The molecule has 2 fully saturated rings. The van der Waals surface area contributed by atoms with Crippen LogP contribution in [0.15, 0.2) is 0 Å². The number of rotatable bonds is 7. The standard InChI is InChI=1S/C22H44O3Si/c1-16(10-11-17(24)15-23)18-12-13-19-20(9-8-14-22(18,19)5)25-26(6,7)21(2,3)4/h16-20,23-24H,8-15H2,1-7H3/t16-,17-,18-,19+,20+,22-/m1/s1. The molecule has 2 saturated carbocycles. The fourth-order valence-corrected chi connectivity index (χ4v) is 6.93. The van der Waals surface area contributed by atoms with Gasteiger partial charge in [0.15, 0.2) is 8.32 Å². The lowest BCUT2D eigenvalue weighted by atomic mass is 9.61. The summed E-state index contributed by atoms with van der Waals surface area (Å²) in [5.74, 6) is 2.03. The second kappa shape index (κ2) is 8.22. The van der Waals surface area contributed by atoms with Crippen molar-refractivity contribution < 1.29 is 14.6 Å². The van der Waals surface area contributed by atoms with E-state index in [1.165, 1.54) is 32.1 Å². The van der Waals surface area contributed by atoms with E-state index in [9.17, 15) is 5.11 Å². The molecule has 0 radical (unpaired) electrons. The first-order valence-corrected chi connectivity index (χ1v) is 13.8. The molecule has 0 spiro atoms. The summed E-state index contributed by atoms with van der Waals surface area (Å²) >= 11 is 0. The van der Waals surface area contributed by atoms with Gasteiger partial charge in [0.1, 0.15) is 0 Å². The average Bonchev–Trinajstić information content (AvgIpc) is 2.89. The predicted octanol–water partition coefficient (Wildman–Crippen LogP) is 5.36. The van der Waals surface area contributed by atoms with Crippen molar-refractivity contribution >= 4 is 8.32 Å². The summed E-state index contributed by atoms with van der Waals surface area (Å²) in [5.41, 5.74) is 0.384. The first kappa shape index (κ1) is 22.4. The summed E-state index contributed by atoms with van der Waals surface area (Å²) in [6, 6.07) is 0. The van der Waals surface area contributed by atoms with Crippen LogP contribution in [0, 0.1) is 23.2 Å². The van der Waals surface area contributed by atoms with Crippen LogP contribution in [0.2, 0.25) is 18.1 Å². The lowest BCUT2D eigenvalue weighted by Crippen LogP contribution is -2.50. The van der Waals surface area contributed by atoms with Crippen molar-refractivity contribution in [2.75, 3.05) is 6.61 Å². The molecule has 26 heavy (non-hydrogen) atoms. The zero-order valence-corrected chi connectivity index (χ0v) is 19.3. The molecule has 0 aliphatic heterocycles. The van der Waals surface area contributed by atoms with Crippen LogP contribution in [0.25, 0.3) is 0 Å². The zero-order valence-electron chi connectivity index (χ0n) is 18.3. The smallest absolute Gasteiger partial charge is 0.192 e. The molecule has 6 atom stereocenters. The molecule has 0 aromatic heterocycles. The quantitative estimate of drug-likeness (QED) is 0.581. The Labute approximate surface area is 163 Å². The molecule has 3 nitrogen and oxygen atoms in total. The van der Waals surface area contributed by atoms with Gasteiger partial charge in [0, 0.05) is 6.10 Å². The van der Waals surface area contributed by atoms with E-state index in [0.717, 1.165) is 18.8 Å². The molecule has 0 saturated heterocycles. The van der Waals surface area contributed by atoms with Crippen molar-refractivity contribution in [1.29, 1.82) is 0 Å². The van der Waals surface area contributed by atoms with Crippen LogP contribution in [0.3, 0.4) is 0 Å². The number of aliphatic hydroxyl groups excluding tert-OH is 2. The summed E-state index contributed by atoms with van der Waals surface area (Å²) < 4.78 is 6.93. The fourth-order valence-electron chi connectivity index (χ4n) is 5.54. The maximum Gasteiger partial charge on any atom is 0.192 e. The van der Waals surface area contributed by atoms with Crippen LogP contribution >= 0.6 is 0 Å². The Hall–Kier alpha value is 0.0969. The van der Waals surface area contributed by atoms with Crippen molar-refractivity contribution in [1.82, 2.24) is 0 Å². The minimum absolute atomic E-state index is 0.111. The lowest BCUT2D eigenvalue weighted by molar-refractivity contribution is -0.0229. The van der Waals surface area contributed by atoms with Gasteiger partial charge in [0.2, 0.25) is 0 Å². The van der Waals surface area contributed by atoms with E-state index < -0.39 is 14.4 Å². The highest BCUT2D eigenvalue weighted by atomic mass is 28.4. The van der Waals surface area contributed by atoms with Crippen LogP contribution in [0.5, 0.6) is 0 Å². The Morgan fingerprint density at radius 2 is 1.81 bits per heavy atom. The van der Waals surface area contributed by atoms with Gasteiger partial charge in [-0.25, -0.2) is 0 Å². The highest BCUT2D eigenvalue weighted by Crippen LogP contribution is 2.59. The molecule has 2 aliphatic rings. The van der Waals surface area contributed by atoms with Gasteiger partial charge in [-0.2, -0.15) is 0 Å². The van der Waals surface area contributed by atoms with Gasteiger partial charge in [0.05, 0.1) is 12.7 Å². The molecular weight excluding hydrogens is 340 g/mol. The van der Waals surface area contributed by atoms with Gasteiger partial charge in [-0.3, -0.25) is 0 Å². The van der Waals surface area contributed by atoms with Gasteiger partial charge in [-0.05, 0) is 79.8 Å². The van der Waals surface area contributed by atoms with E-state index in [0.29, 0.717) is 23.4 Å². The van der Waals surface area contributed by atoms with E-state index >= 15 is 0 Å². The normalized spacial score (nSPS) is 35.2. The SMILES string of the molecule is C[C@H](CC[C@@H](O)CO)[C@H]1CC[C@H]2[C@@H](O[Si](C)(C)C(C)(C)C)CCC[C@]12C. The summed E-state index contributed by atoms with van der Waals surface area (Å²) in [7, 11) is -1.73. The van der Waals surface area contributed by atoms with Crippen LogP contribution in [-0.4, -0.2) is 37.3 Å². The van der Waals surface area contributed by atoms with Gasteiger partial charge in [-0.1, -0.05) is 41.0 Å². The van der Waals surface area contributed by atoms with Crippen molar-refractivity contribution in [3.63, 3.8) is 0 Å². The maximum atomic E-state index is 9.73. The van der Waals surface area contributed by atoms with Gasteiger partial charge in [-0.15, -0.1) is 0 Å². The van der Waals surface area contributed by atoms with Gasteiger partial charge < -0.3 is 14.6 Å². The monoisotopic (exact) mass is 384 g/mol. The average molecular weight is 385 g/mol. The Balaban J connectivity index is 2.07. The Morgan fingerprint density at radius 1 is 1.15 bits per heavy atom. The van der Waals surface area contributed by atoms with Gasteiger partial charge >= 0.3 is 0 Å². The molecule has 2 aliphatic carbocycles. The van der Waals surface area contributed by atoms with Crippen LogP contribution in [0.1, 0.15) is 79.6 Å². The molecule has 0 aromatic carbocycles. The molecule has 0 amide bonds. The minimum Gasteiger partial charge on any atom is -0.414 e. The second-order valence-corrected chi connectivity index (χ2v) is 15.8. The number of hydrogen-bond donors (Lipinski definition) is 2. The molecule has 0 heterocycles. The first-order chi connectivity index (χ1) is 11.9. The van der Waals surface area contributed by atoms with Crippen molar-refractivity contribution in [2.45, 2.75) is 110 Å². The highest BCUT2D eigenvalue weighted by Gasteiger charge is 2.54. The number of hydrogen-bond acceptors (Lipinski definition) is 3. The molecule has 2 rings (SSSR count). The third-order valence-corrected chi connectivity index (χ3v) is 12.7. The van der Waals surface area contributed by atoms with E-state index in [1.807, 2.05) is 0 Å². The largest absolute Gasteiger partial charge is 0.414 e. The Kier molecular flexibility index (Phi) is 7.08.